The summed E-state index contributed by atoms with van der Waals surface area (Å²) in [6, 6.07) is 22.3. The van der Waals surface area contributed by atoms with E-state index in [0.717, 1.165) is 13.1 Å². The molecule has 0 radical (unpaired) electrons. The van der Waals surface area contributed by atoms with Gasteiger partial charge in [0.05, 0.1) is 6.04 Å². The van der Waals surface area contributed by atoms with Crippen molar-refractivity contribution in [3.63, 3.8) is 0 Å². The van der Waals surface area contributed by atoms with E-state index >= 15 is 0 Å². The summed E-state index contributed by atoms with van der Waals surface area (Å²) in [6.07, 6.45) is 2.51. The summed E-state index contributed by atoms with van der Waals surface area (Å²) in [5, 5.41) is 7.31. The van der Waals surface area contributed by atoms with Crippen molar-refractivity contribution in [1.82, 2.24) is 10.6 Å². The van der Waals surface area contributed by atoms with Gasteiger partial charge in [0.25, 0.3) is 0 Å². The number of rotatable bonds is 4. The third kappa shape index (κ3) is 3.27. The lowest BCUT2D eigenvalue weighted by Gasteiger charge is -2.29. The maximum Gasteiger partial charge on any atom is 0.0579 e. The Labute approximate surface area is 121 Å². The first-order chi connectivity index (χ1) is 9.93. The second-order valence-electron chi connectivity index (χ2n) is 5.46. The lowest BCUT2D eigenvalue weighted by atomic mass is 9.96. The molecule has 1 aliphatic rings. The van der Waals surface area contributed by atoms with Gasteiger partial charge in [0.1, 0.15) is 0 Å². The molecule has 1 aliphatic heterocycles. The molecule has 0 aromatic heterocycles. The number of piperidine rings is 1. The van der Waals surface area contributed by atoms with Crippen LogP contribution in [0.2, 0.25) is 0 Å². The van der Waals surface area contributed by atoms with E-state index in [4.69, 9.17) is 0 Å². The molecule has 1 heterocycles. The van der Waals surface area contributed by atoms with Crippen molar-refractivity contribution >= 4 is 0 Å². The van der Waals surface area contributed by atoms with Crippen molar-refractivity contribution < 1.29 is 0 Å². The zero-order valence-electron chi connectivity index (χ0n) is 11.8. The molecule has 0 amide bonds. The molecule has 0 spiro atoms. The van der Waals surface area contributed by atoms with Crippen LogP contribution < -0.4 is 10.6 Å². The van der Waals surface area contributed by atoms with Crippen LogP contribution in [0.3, 0.4) is 0 Å². The minimum atomic E-state index is 0.280. The summed E-state index contributed by atoms with van der Waals surface area (Å²) in [5.41, 5.74) is 2.67. The average molecular weight is 266 g/mol. The van der Waals surface area contributed by atoms with Gasteiger partial charge in [-0.05, 0) is 30.5 Å². The van der Waals surface area contributed by atoms with E-state index in [2.05, 4.69) is 71.3 Å². The zero-order valence-corrected chi connectivity index (χ0v) is 11.8. The summed E-state index contributed by atoms with van der Waals surface area (Å²) in [7, 11) is 0. The fourth-order valence-electron chi connectivity index (χ4n) is 2.91. The van der Waals surface area contributed by atoms with E-state index in [1.165, 1.54) is 24.0 Å². The van der Waals surface area contributed by atoms with Crippen LogP contribution in [-0.4, -0.2) is 19.1 Å². The minimum absolute atomic E-state index is 0.280. The highest BCUT2D eigenvalue weighted by atomic mass is 15.0. The number of hydrogen-bond acceptors (Lipinski definition) is 2. The quantitative estimate of drug-likeness (QED) is 0.888. The molecule has 2 nitrogen and oxygen atoms in total. The van der Waals surface area contributed by atoms with E-state index in [1.807, 2.05) is 0 Å². The van der Waals surface area contributed by atoms with Gasteiger partial charge in [-0.15, -0.1) is 0 Å². The Bertz CT molecular complexity index is 464. The van der Waals surface area contributed by atoms with Crippen molar-refractivity contribution in [3.05, 3.63) is 71.8 Å². The molecule has 1 fully saturated rings. The molecule has 104 valence electrons. The van der Waals surface area contributed by atoms with Crippen molar-refractivity contribution in [2.45, 2.75) is 24.9 Å². The summed E-state index contributed by atoms with van der Waals surface area (Å²) >= 11 is 0. The molecule has 0 saturated carbocycles. The molecule has 2 aromatic rings. The third-order valence-electron chi connectivity index (χ3n) is 3.97. The molecule has 3 rings (SSSR count). The molecule has 1 atom stereocenters. The van der Waals surface area contributed by atoms with E-state index in [-0.39, 0.29) is 6.04 Å². The number of nitrogens with one attached hydrogen (secondary N) is 2. The van der Waals surface area contributed by atoms with Crippen molar-refractivity contribution in [2.75, 3.05) is 13.1 Å². The van der Waals surface area contributed by atoms with Gasteiger partial charge in [0.15, 0.2) is 0 Å². The molecule has 2 aromatic carbocycles. The third-order valence-corrected chi connectivity index (χ3v) is 3.97. The Morgan fingerprint density at radius 3 is 2.00 bits per heavy atom. The van der Waals surface area contributed by atoms with Crippen molar-refractivity contribution in [3.8, 4) is 0 Å². The normalized spacial score (nSPS) is 19.1. The second kappa shape index (κ2) is 6.69. The first kappa shape index (κ1) is 13.3. The predicted molar refractivity (Wildman–Crippen MR) is 83.8 cm³/mol. The molecule has 1 unspecified atom stereocenters. The number of hydrogen-bond donors (Lipinski definition) is 2. The van der Waals surface area contributed by atoms with E-state index < -0.39 is 0 Å². The van der Waals surface area contributed by atoms with Gasteiger partial charge in [-0.1, -0.05) is 60.7 Å². The number of benzene rings is 2. The van der Waals surface area contributed by atoms with Gasteiger partial charge in [0, 0.05) is 12.6 Å². The Morgan fingerprint density at radius 2 is 1.50 bits per heavy atom. The first-order valence-electron chi connectivity index (χ1n) is 7.50. The average Bonchev–Trinajstić information content (AvgIpc) is 2.55. The molecular weight excluding hydrogens is 244 g/mol. The Hall–Kier alpha value is -1.64. The smallest absolute Gasteiger partial charge is 0.0579 e. The molecule has 2 N–H and O–H groups in total. The van der Waals surface area contributed by atoms with Gasteiger partial charge in [0.2, 0.25) is 0 Å². The molecule has 2 heteroatoms. The van der Waals surface area contributed by atoms with Crippen LogP contribution >= 0.6 is 0 Å². The van der Waals surface area contributed by atoms with Crippen LogP contribution in [0, 0.1) is 0 Å². The van der Waals surface area contributed by atoms with Crippen molar-refractivity contribution in [1.29, 1.82) is 0 Å². The standard InChI is InChI=1S/C18H22N2/c1-3-8-15(9-4-1)18(16-10-5-2-6-11-16)20-17-12-7-13-19-14-17/h1-6,8-11,17-20H,7,12-14H2. The van der Waals surface area contributed by atoms with Crippen molar-refractivity contribution in [2.24, 2.45) is 0 Å². The Balaban J connectivity index is 1.83. The molecule has 0 aliphatic carbocycles. The van der Waals surface area contributed by atoms with Gasteiger partial charge in [-0.2, -0.15) is 0 Å². The van der Waals surface area contributed by atoms with Gasteiger partial charge in [-0.25, -0.2) is 0 Å². The van der Waals surface area contributed by atoms with E-state index in [0.29, 0.717) is 6.04 Å². The van der Waals surface area contributed by atoms with Crippen LogP contribution in [0.5, 0.6) is 0 Å². The SMILES string of the molecule is c1ccc(C(NC2CCCNC2)c2ccccc2)cc1. The molecule has 0 bridgehead atoms. The zero-order chi connectivity index (χ0) is 13.6. The maximum atomic E-state index is 3.83. The molecular formula is C18H22N2. The summed E-state index contributed by atoms with van der Waals surface area (Å²) in [6.45, 7) is 2.22. The summed E-state index contributed by atoms with van der Waals surface area (Å²) < 4.78 is 0. The maximum absolute atomic E-state index is 3.83. The lowest BCUT2D eigenvalue weighted by Crippen LogP contribution is -2.44. The molecule has 1 saturated heterocycles. The van der Waals surface area contributed by atoms with Crippen LogP contribution in [0.4, 0.5) is 0 Å². The first-order valence-corrected chi connectivity index (χ1v) is 7.50. The lowest BCUT2D eigenvalue weighted by molar-refractivity contribution is 0.370. The van der Waals surface area contributed by atoms with Crippen LogP contribution in [0.1, 0.15) is 30.0 Å². The highest BCUT2D eigenvalue weighted by Gasteiger charge is 2.19. The highest BCUT2D eigenvalue weighted by Crippen LogP contribution is 2.23. The van der Waals surface area contributed by atoms with Gasteiger partial charge in [-0.3, -0.25) is 0 Å². The molecule has 20 heavy (non-hydrogen) atoms. The van der Waals surface area contributed by atoms with E-state index in [1.54, 1.807) is 0 Å². The van der Waals surface area contributed by atoms with E-state index in [9.17, 15) is 0 Å². The fourth-order valence-corrected chi connectivity index (χ4v) is 2.91. The van der Waals surface area contributed by atoms with Crippen LogP contribution in [-0.2, 0) is 0 Å². The van der Waals surface area contributed by atoms with Crippen LogP contribution in [0.25, 0.3) is 0 Å². The Kier molecular flexibility index (Phi) is 4.46. The minimum Gasteiger partial charge on any atom is -0.315 e. The topological polar surface area (TPSA) is 24.1 Å². The van der Waals surface area contributed by atoms with Gasteiger partial charge >= 0.3 is 0 Å². The fraction of sp³-hybridized carbons (Fsp3) is 0.333. The summed E-state index contributed by atoms with van der Waals surface area (Å²) in [4.78, 5) is 0. The Morgan fingerprint density at radius 1 is 0.900 bits per heavy atom. The van der Waals surface area contributed by atoms with Gasteiger partial charge < -0.3 is 10.6 Å². The highest BCUT2D eigenvalue weighted by molar-refractivity contribution is 5.31. The predicted octanol–water partition coefficient (Wildman–Crippen LogP) is 3.12. The largest absolute Gasteiger partial charge is 0.315 e. The van der Waals surface area contributed by atoms with Crippen LogP contribution in [0.15, 0.2) is 60.7 Å². The summed E-state index contributed by atoms with van der Waals surface area (Å²) in [5.74, 6) is 0. The monoisotopic (exact) mass is 266 g/mol. The second-order valence-corrected chi connectivity index (χ2v) is 5.46.